The molecule has 0 saturated heterocycles. The predicted molar refractivity (Wildman–Crippen MR) is 58.1 cm³/mol. The molecular formula is C9H13BrN2O2. The fourth-order valence-electron chi connectivity index (χ4n) is 1.16. The molecule has 0 saturated carbocycles. The average molecular weight is 261 g/mol. The molecule has 0 bridgehead atoms. The lowest BCUT2D eigenvalue weighted by Crippen LogP contribution is -2.20. The van der Waals surface area contributed by atoms with Gasteiger partial charge in [0.15, 0.2) is 0 Å². The second-order valence-electron chi connectivity index (χ2n) is 3.11. The molecule has 0 aliphatic carbocycles. The largest absolute Gasteiger partial charge is 0.397 e. The van der Waals surface area contributed by atoms with Crippen molar-refractivity contribution < 1.29 is 10.2 Å². The van der Waals surface area contributed by atoms with Crippen LogP contribution in [0.25, 0.3) is 0 Å². The second-order valence-corrected chi connectivity index (χ2v) is 3.76. The van der Waals surface area contributed by atoms with E-state index in [1.165, 1.54) is 6.20 Å². The van der Waals surface area contributed by atoms with Crippen molar-refractivity contribution in [1.82, 2.24) is 4.98 Å². The number of anilines is 1. The number of hydrogen-bond donors (Lipinski definition) is 3. The van der Waals surface area contributed by atoms with Crippen LogP contribution in [0.5, 0.6) is 0 Å². The normalized spacial score (nSPS) is 15.1. The van der Waals surface area contributed by atoms with Crippen LogP contribution < -0.4 is 5.73 Å². The van der Waals surface area contributed by atoms with Gasteiger partial charge in [0.05, 0.1) is 18.0 Å². The van der Waals surface area contributed by atoms with E-state index >= 15 is 0 Å². The van der Waals surface area contributed by atoms with Crippen LogP contribution in [0.2, 0.25) is 0 Å². The van der Waals surface area contributed by atoms with Gasteiger partial charge in [-0.3, -0.25) is 4.98 Å². The zero-order valence-electron chi connectivity index (χ0n) is 7.81. The maximum Gasteiger partial charge on any atom is 0.107 e. The number of alkyl halides is 1. The van der Waals surface area contributed by atoms with Gasteiger partial charge in [-0.25, -0.2) is 0 Å². The third-order valence-electron chi connectivity index (χ3n) is 1.99. The van der Waals surface area contributed by atoms with Crippen LogP contribution in [-0.2, 0) is 0 Å². The van der Waals surface area contributed by atoms with E-state index in [2.05, 4.69) is 20.9 Å². The molecular weight excluding hydrogens is 248 g/mol. The summed E-state index contributed by atoms with van der Waals surface area (Å²) in [4.78, 5) is 4.01. The van der Waals surface area contributed by atoms with E-state index in [1.807, 2.05) is 0 Å². The molecule has 5 heteroatoms. The summed E-state index contributed by atoms with van der Waals surface area (Å²) in [5.74, 6) is 0. The van der Waals surface area contributed by atoms with Gasteiger partial charge in [-0.1, -0.05) is 15.9 Å². The molecule has 2 atom stereocenters. The smallest absolute Gasteiger partial charge is 0.107 e. The van der Waals surface area contributed by atoms with E-state index in [4.69, 9.17) is 5.73 Å². The number of rotatable bonds is 3. The third-order valence-corrected chi connectivity index (χ3v) is 2.65. The van der Waals surface area contributed by atoms with Crippen molar-refractivity contribution >= 4 is 21.6 Å². The summed E-state index contributed by atoms with van der Waals surface area (Å²) in [6.45, 7) is 1.76. The highest BCUT2D eigenvalue weighted by Crippen LogP contribution is 2.22. The second kappa shape index (κ2) is 4.72. The van der Waals surface area contributed by atoms with E-state index in [0.29, 0.717) is 22.3 Å². The monoisotopic (exact) mass is 260 g/mol. The molecule has 14 heavy (non-hydrogen) atoms. The van der Waals surface area contributed by atoms with Crippen molar-refractivity contribution in [2.45, 2.75) is 19.1 Å². The van der Waals surface area contributed by atoms with E-state index in [1.54, 1.807) is 13.0 Å². The van der Waals surface area contributed by atoms with Gasteiger partial charge in [-0.05, 0) is 13.0 Å². The van der Waals surface area contributed by atoms with E-state index in [0.717, 1.165) is 0 Å². The molecule has 4 nitrogen and oxygen atoms in total. The van der Waals surface area contributed by atoms with Crippen LogP contribution in [0.15, 0.2) is 12.3 Å². The first kappa shape index (κ1) is 11.4. The summed E-state index contributed by atoms with van der Waals surface area (Å²) >= 11 is 3.09. The van der Waals surface area contributed by atoms with Crippen molar-refractivity contribution in [3.05, 3.63) is 23.5 Å². The Labute approximate surface area is 90.9 Å². The Kier molecular flexibility index (Phi) is 3.86. The van der Waals surface area contributed by atoms with E-state index in [-0.39, 0.29) is 0 Å². The molecule has 0 amide bonds. The molecule has 78 valence electrons. The van der Waals surface area contributed by atoms with Crippen LogP contribution in [0.4, 0.5) is 5.69 Å². The number of pyridine rings is 1. The Hall–Kier alpha value is -0.650. The Morgan fingerprint density at radius 3 is 2.79 bits per heavy atom. The predicted octanol–water partition coefficient (Wildman–Crippen LogP) is 0.761. The molecule has 1 heterocycles. The fourth-order valence-corrected chi connectivity index (χ4v) is 1.51. The molecule has 0 fully saturated rings. The molecule has 1 aromatic heterocycles. The van der Waals surface area contributed by atoms with Crippen LogP contribution >= 0.6 is 15.9 Å². The number of nitrogens with zero attached hydrogens (tertiary/aromatic N) is 1. The van der Waals surface area contributed by atoms with Crippen LogP contribution in [0.3, 0.4) is 0 Å². The molecule has 0 aromatic carbocycles. The standard InChI is InChI=1S/C9H13BrN2O2/c1-5-7(2-6(11)4-12-5)9(14)8(13)3-10/h2,4,8-9,13-14H,3,11H2,1H3. The van der Waals surface area contributed by atoms with Gasteiger partial charge in [0.1, 0.15) is 6.10 Å². The molecule has 0 spiro atoms. The molecule has 1 rings (SSSR count). The maximum atomic E-state index is 9.72. The molecule has 0 radical (unpaired) electrons. The van der Waals surface area contributed by atoms with Gasteiger partial charge in [-0.15, -0.1) is 0 Å². The SMILES string of the molecule is Cc1ncc(N)cc1C(O)C(O)CBr. The first-order valence-electron chi connectivity index (χ1n) is 4.20. The lowest BCUT2D eigenvalue weighted by atomic mass is 10.0. The van der Waals surface area contributed by atoms with Gasteiger partial charge in [0, 0.05) is 16.6 Å². The number of aliphatic hydroxyl groups excluding tert-OH is 2. The summed E-state index contributed by atoms with van der Waals surface area (Å²) in [6, 6.07) is 1.62. The van der Waals surface area contributed by atoms with Gasteiger partial charge in [-0.2, -0.15) is 0 Å². The van der Waals surface area contributed by atoms with E-state index < -0.39 is 12.2 Å². The number of nitrogen functional groups attached to an aromatic ring is 1. The molecule has 2 unspecified atom stereocenters. The first-order valence-corrected chi connectivity index (χ1v) is 5.32. The minimum absolute atomic E-state index is 0.308. The van der Waals surface area contributed by atoms with Crippen LogP contribution in [0, 0.1) is 6.92 Å². The highest BCUT2D eigenvalue weighted by atomic mass is 79.9. The minimum atomic E-state index is -0.953. The Morgan fingerprint density at radius 1 is 1.57 bits per heavy atom. The number of aromatic nitrogens is 1. The first-order chi connectivity index (χ1) is 6.56. The summed E-state index contributed by atoms with van der Waals surface area (Å²) in [5.41, 5.74) is 7.26. The fraction of sp³-hybridized carbons (Fsp3) is 0.444. The lowest BCUT2D eigenvalue weighted by Gasteiger charge is -2.17. The third kappa shape index (κ3) is 2.43. The number of nitrogens with two attached hydrogens (primary N) is 1. The quantitative estimate of drug-likeness (QED) is 0.702. The van der Waals surface area contributed by atoms with Gasteiger partial charge < -0.3 is 15.9 Å². The zero-order chi connectivity index (χ0) is 10.7. The highest BCUT2D eigenvalue weighted by Gasteiger charge is 2.19. The number of hydrogen-bond acceptors (Lipinski definition) is 4. The minimum Gasteiger partial charge on any atom is -0.397 e. The van der Waals surface area contributed by atoms with Crippen molar-refractivity contribution in [3.63, 3.8) is 0 Å². The number of aliphatic hydroxyl groups is 2. The van der Waals surface area contributed by atoms with Gasteiger partial charge in [0.2, 0.25) is 0 Å². The lowest BCUT2D eigenvalue weighted by molar-refractivity contribution is 0.0336. The Balaban J connectivity index is 2.99. The van der Waals surface area contributed by atoms with Gasteiger partial charge in [0.25, 0.3) is 0 Å². The van der Waals surface area contributed by atoms with Crippen molar-refractivity contribution in [1.29, 1.82) is 0 Å². The highest BCUT2D eigenvalue weighted by molar-refractivity contribution is 9.09. The van der Waals surface area contributed by atoms with Crippen LogP contribution in [-0.4, -0.2) is 26.6 Å². The Morgan fingerprint density at radius 2 is 2.21 bits per heavy atom. The summed E-state index contributed by atoms with van der Waals surface area (Å²) in [7, 11) is 0. The average Bonchev–Trinajstić information content (AvgIpc) is 2.19. The summed E-state index contributed by atoms with van der Waals surface area (Å²) in [5, 5.41) is 19.5. The topological polar surface area (TPSA) is 79.4 Å². The summed E-state index contributed by atoms with van der Waals surface area (Å²) < 4.78 is 0. The van der Waals surface area contributed by atoms with Crippen LogP contribution in [0.1, 0.15) is 17.4 Å². The zero-order valence-corrected chi connectivity index (χ0v) is 9.40. The maximum absolute atomic E-state index is 9.72. The molecule has 0 aliphatic heterocycles. The molecule has 1 aromatic rings. The van der Waals surface area contributed by atoms with Crippen molar-refractivity contribution in [2.75, 3.05) is 11.1 Å². The van der Waals surface area contributed by atoms with Crippen molar-refractivity contribution in [3.8, 4) is 0 Å². The number of halogens is 1. The van der Waals surface area contributed by atoms with E-state index in [9.17, 15) is 10.2 Å². The summed E-state index contributed by atoms with van der Waals surface area (Å²) in [6.07, 6.45) is -0.283. The van der Waals surface area contributed by atoms with Crippen molar-refractivity contribution in [2.24, 2.45) is 0 Å². The van der Waals surface area contributed by atoms with Gasteiger partial charge >= 0.3 is 0 Å². The molecule has 0 aliphatic rings. The molecule has 4 N–H and O–H groups in total. The Bertz CT molecular complexity index is 320. The number of aryl methyl sites for hydroxylation is 1.